The quantitative estimate of drug-likeness (QED) is 0.758. The van der Waals surface area contributed by atoms with Gasteiger partial charge in [0.2, 0.25) is 5.95 Å². The Bertz CT molecular complexity index is 380. The van der Waals surface area contributed by atoms with Crippen molar-refractivity contribution >= 4 is 17.5 Å². The molecule has 4 nitrogen and oxygen atoms in total. The van der Waals surface area contributed by atoms with Crippen LogP contribution < -0.4 is 4.90 Å². The van der Waals surface area contributed by atoms with E-state index in [0.717, 1.165) is 24.6 Å². The van der Waals surface area contributed by atoms with E-state index < -0.39 is 0 Å². The normalized spacial score (nSPS) is 23.8. The van der Waals surface area contributed by atoms with Crippen LogP contribution in [0.4, 0.5) is 5.95 Å². The van der Waals surface area contributed by atoms with Crippen LogP contribution in [0.1, 0.15) is 19.4 Å². The summed E-state index contributed by atoms with van der Waals surface area (Å²) in [4.78, 5) is 10.8. The highest BCUT2D eigenvalue weighted by atomic mass is 35.5. The van der Waals surface area contributed by atoms with Crippen LogP contribution in [0.5, 0.6) is 0 Å². The summed E-state index contributed by atoms with van der Waals surface area (Å²) in [6, 6.07) is 0. The smallest absolute Gasteiger partial charge is 0.225 e. The van der Waals surface area contributed by atoms with Crippen molar-refractivity contribution in [2.75, 3.05) is 23.9 Å². The van der Waals surface area contributed by atoms with E-state index in [2.05, 4.69) is 28.7 Å². The summed E-state index contributed by atoms with van der Waals surface area (Å²) in [7, 11) is 0. The molecular formula is C12H18ClN3O. The molecule has 5 heteroatoms. The van der Waals surface area contributed by atoms with Gasteiger partial charge in [-0.2, -0.15) is 0 Å². The number of morpholine rings is 1. The van der Waals surface area contributed by atoms with Crippen molar-refractivity contribution in [2.45, 2.75) is 32.5 Å². The molecule has 0 N–H and O–H groups in total. The van der Waals surface area contributed by atoms with E-state index in [0.29, 0.717) is 5.88 Å². The van der Waals surface area contributed by atoms with Crippen molar-refractivity contribution in [2.24, 2.45) is 0 Å². The standard InChI is InChI=1S/C12H18ClN3O/c1-9-5-14-11(15-6-9)16-7-10(4-13)17-12(2,3)8-16/h5-6,10H,4,7-8H2,1-3H3. The largest absolute Gasteiger partial charge is 0.367 e. The molecule has 1 saturated heterocycles. The van der Waals surface area contributed by atoms with Gasteiger partial charge in [0.15, 0.2) is 0 Å². The third-order valence-electron chi connectivity index (χ3n) is 2.70. The number of alkyl halides is 1. The fourth-order valence-corrected chi connectivity index (χ4v) is 2.24. The molecular weight excluding hydrogens is 238 g/mol. The van der Waals surface area contributed by atoms with Crippen molar-refractivity contribution in [3.8, 4) is 0 Å². The van der Waals surface area contributed by atoms with E-state index in [1.54, 1.807) is 0 Å². The van der Waals surface area contributed by atoms with Crippen LogP contribution in [0.3, 0.4) is 0 Å². The number of halogens is 1. The van der Waals surface area contributed by atoms with Crippen LogP contribution in [0.25, 0.3) is 0 Å². The molecule has 0 spiro atoms. The molecule has 0 amide bonds. The molecule has 0 aliphatic carbocycles. The maximum atomic E-state index is 5.89. The molecule has 2 heterocycles. The van der Waals surface area contributed by atoms with Crippen LogP contribution in [0.2, 0.25) is 0 Å². The average molecular weight is 256 g/mol. The van der Waals surface area contributed by atoms with Gasteiger partial charge in [-0.1, -0.05) is 0 Å². The van der Waals surface area contributed by atoms with Gasteiger partial charge in [0, 0.05) is 25.5 Å². The zero-order valence-electron chi connectivity index (χ0n) is 10.5. The van der Waals surface area contributed by atoms with Gasteiger partial charge >= 0.3 is 0 Å². The molecule has 2 rings (SSSR count). The van der Waals surface area contributed by atoms with Crippen LogP contribution in [0, 0.1) is 6.92 Å². The third kappa shape index (κ3) is 3.07. The highest BCUT2D eigenvalue weighted by Crippen LogP contribution is 2.24. The highest BCUT2D eigenvalue weighted by Gasteiger charge is 2.33. The summed E-state index contributed by atoms with van der Waals surface area (Å²) < 4.78 is 5.87. The highest BCUT2D eigenvalue weighted by molar-refractivity contribution is 6.18. The number of hydrogen-bond donors (Lipinski definition) is 0. The first-order chi connectivity index (χ1) is 8.00. The predicted octanol–water partition coefficient (Wildman–Crippen LogP) is 2.01. The molecule has 1 aliphatic heterocycles. The lowest BCUT2D eigenvalue weighted by Crippen LogP contribution is -2.54. The van der Waals surface area contributed by atoms with Crippen molar-refractivity contribution < 1.29 is 4.74 Å². The number of ether oxygens (including phenoxy) is 1. The lowest BCUT2D eigenvalue weighted by molar-refractivity contribution is -0.0738. The Kier molecular flexibility index (Phi) is 3.54. The Morgan fingerprint density at radius 2 is 2.12 bits per heavy atom. The van der Waals surface area contributed by atoms with Crippen molar-refractivity contribution in [3.05, 3.63) is 18.0 Å². The van der Waals surface area contributed by atoms with E-state index in [-0.39, 0.29) is 11.7 Å². The van der Waals surface area contributed by atoms with Crippen molar-refractivity contribution in [1.82, 2.24) is 9.97 Å². The molecule has 1 fully saturated rings. The number of rotatable bonds is 2. The molecule has 0 saturated carbocycles. The number of nitrogens with zero attached hydrogens (tertiary/aromatic N) is 3. The van der Waals surface area contributed by atoms with Crippen molar-refractivity contribution in [1.29, 1.82) is 0 Å². The summed E-state index contributed by atoms with van der Waals surface area (Å²) >= 11 is 5.89. The third-order valence-corrected chi connectivity index (χ3v) is 3.05. The average Bonchev–Trinajstić information content (AvgIpc) is 2.27. The topological polar surface area (TPSA) is 38.2 Å². The minimum Gasteiger partial charge on any atom is -0.367 e. The Morgan fingerprint density at radius 1 is 1.47 bits per heavy atom. The van der Waals surface area contributed by atoms with Crippen molar-refractivity contribution in [3.63, 3.8) is 0 Å². The number of hydrogen-bond acceptors (Lipinski definition) is 4. The molecule has 1 aromatic heterocycles. The van der Waals surface area contributed by atoms with Gasteiger partial charge in [0.1, 0.15) is 0 Å². The van der Waals surface area contributed by atoms with E-state index in [1.807, 2.05) is 19.3 Å². The Balaban J connectivity index is 2.17. The van der Waals surface area contributed by atoms with Gasteiger partial charge in [-0.15, -0.1) is 11.6 Å². The molecule has 1 aliphatic rings. The molecule has 0 bridgehead atoms. The van der Waals surface area contributed by atoms with E-state index in [4.69, 9.17) is 16.3 Å². The van der Waals surface area contributed by atoms with Gasteiger partial charge in [-0.05, 0) is 26.3 Å². The van der Waals surface area contributed by atoms with Gasteiger partial charge < -0.3 is 9.64 Å². The van der Waals surface area contributed by atoms with Gasteiger partial charge in [-0.25, -0.2) is 9.97 Å². The first kappa shape index (κ1) is 12.6. The second-order valence-electron chi connectivity index (χ2n) is 5.09. The molecule has 1 unspecified atom stereocenters. The zero-order valence-corrected chi connectivity index (χ0v) is 11.2. The minimum atomic E-state index is -0.216. The molecule has 94 valence electrons. The molecule has 17 heavy (non-hydrogen) atoms. The van der Waals surface area contributed by atoms with Gasteiger partial charge in [0.25, 0.3) is 0 Å². The maximum Gasteiger partial charge on any atom is 0.225 e. The van der Waals surface area contributed by atoms with Crippen LogP contribution >= 0.6 is 11.6 Å². The number of aryl methyl sites for hydroxylation is 1. The Labute approximate surface area is 107 Å². The second-order valence-corrected chi connectivity index (χ2v) is 5.40. The molecule has 1 aromatic rings. The van der Waals surface area contributed by atoms with Crippen LogP contribution in [-0.2, 0) is 4.74 Å². The number of anilines is 1. The first-order valence-corrected chi connectivity index (χ1v) is 6.31. The van der Waals surface area contributed by atoms with E-state index in [9.17, 15) is 0 Å². The first-order valence-electron chi connectivity index (χ1n) is 5.77. The van der Waals surface area contributed by atoms with Crippen LogP contribution in [-0.4, -0.2) is 40.6 Å². The summed E-state index contributed by atoms with van der Waals surface area (Å²) in [5.74, 6) is 1.24. The van der Waals surface area contributed by atoms with E-state index in [1.165, 1.54) is 0 Å². The molecule has 0 radical (unpaired) electrons. The molecule has 1 atom stereocenters. The predicted molar refractivity (Wildman–Crippen MR) is 68.7 cm³/mol. The summed E-state index contributed by atoms with van der Waals surface area (Å²) in [6.07, 6.45) is 3.70. The fourth-order valence-electron chi connectivity index (χ4n) is 2.08. The second kappa shape index (κ2) is 4.78. The monoisotopic (exact) mass is 255 g/mol. The minimum absolute atomic E-state index is 0.0327. The maximum absolute atomic E-state index is 5.89. The van der Waals surface area contributed by atoms with Crippen LogP contribution in [0.15, 0.2) is 12.4 Å². The Morgan fingerprint density at radius 3 is 2.71 bits per heavy atom. The molecule has 0 aromatic carbocycles. The number of aromatic nitrogens is 2. The lowest BCUT2D eigenvalue weighted by Gasteiger charge is -2.42. The zero-order chi connectivity index (χ0) is 12.5. The fraction of sp³-hybridized carbons (Fsp3) is 0.667. The van der Waals surface area contributed by atoms with E-state index >= 15 is 0 Å². The summed E-state index contributed by atoms with van der Waals surface area (Å²) in [5.41, 5.74) is 0.849. The van der Waals surface area contributed by atoms with Gasteiger partial charge in [0.05, 0.1) is 17.6 Å². The summed E-state index contributed by atoms with van der Waals surface area (Å²) in [5, 5.41) is 0. The van der Waals surface area contributed by atoms with Gasteiger partial charge in [-0.3, -0.25) is 0 Å². The Hall–Kier alpha value is -0.870. The lowest BCUT2D eigenvalue weighted by atomic mass is 10.1. The summed E-state index contributed by atoms with van der Waals surface area (Å²) in [6.45, 7) is 7.63. The SMILES string of the molecule is Cc1cnc(N2CC(CCl)OC(C)(C)C2)nc1.